The van der Waals surface area contributed by atoms with Gasteiger partial charge in [-0.1, -0.05) is 0 Å². The van der Waals surface area contributed by atoms with Crippen molar-refractivity contribution in [2.24, 2.45) is 0 Å². The average Bonchev–Trinajstić information content (AvgIpc) is 2.59. The fourth-order valence-electron chi connectivity index (χ4n) is 1.61. The lowest BCUT2D eigenvalue weighted by Gasteiger charge is -2.04. The van der Waals surface area contributed by atoms with Crippen LogP contribution in [0.2, 0.25) is 0 Å². The molecule has 2 N–H and O–H groups in total. The maximum Gasteiger partial charge on any atom is 0.172 e. The first-order valence-corrected chi connectivity index (χ1v) is 7.94. The van der Waals surface area contributed by atoms with Gasteiger partial charge in [-0.05, 0) is 50.1 Å². The van der Waals surface area contributed by atoms with Crippen LogP contribution in [0.5, 0.6) is 23.0 Å². The zero-order chi connectivity index (χ0) is 18.3. The molecule has 2 aromatic rings. The predicted molar refractivity (Wildman–Crippen MR) is 94.8 cm³/mol. The van der Waals surface area contributed by atoms with Crippen molar-refractivity contribution in [3.05, 3.63) is 44.3 Å². The monoisotopic (exact) mass is 457 g/mol. The molecule has 0 unspecified atom stereocenters. The fourth-order valence-corrected chi connectivity index (χ4v) is 2.51. The molecule has 0 atom stereocenters. The van der Waals surface area contributed by atoms with E-state index in [1.807, 2.05) is 6.07 Å². The molecule has 0 bridgehead atoms. The number of carbonyl (C=O) groups excluding carboxylic acids is 1. The minimum absolute atomic E-state index is 0.00287. The fraction of sp³-hybridized carbons (Fsp3) is 0.125. The number of hydrogen-bond acceptors (Lipinski definition) is 6. The molecule has 126 valence electrons. The van der Waals surface area contributed by atoms with E-state index in [2.05, 4.69) is 31.9 Å². The molecule has 0 amide bonds. The Bertz CT molecular complexity index is 787. The Kier molecular flexibility index (Phi) is 7.55. The molecule has 0 spiro atoms. The van der Waals surface area contributed by atoms with Crippen LogP contribution in [0.15, 0.2) is 33.2 Å². The minimum atomic E-state index is 0.00287. The summed E-state index contributed by atoms with van der Waals surface area (Å²) in [5.41, 5.74) is 0.896. The average molecular weight is 459 g/mol. The second-order valence-corrected chi connectivity index (χ2v) is 6.00. The highest BCUT2D eigenvalue weighted by molar-refractivity contribution is 9.10. The molecule has 0 heterocycles. The number of halogens is 2. The van der Waals surface area contributed by atoms with Crippen LogP contribution in [0.4, 0.5) is 0 Å². The molecule has 24 heavy (non-hydrogen) atoms. The lowest BCUT2D eigenvalue weighted by atomic mass is 10.2. The second-order valence-electron chi connectivity index (χ2n) is 4.29. The van der Waals surface area contributed by atoms with E-state index in [1.54, 1.807) is 0 Å². The standard InChI is InChI=1S/C8H6BrNO2.C8H7BrO3/c2*1-12-7-3-5(4-10)2-6(9)8(7)11/h2-3,11H,1H3;2-4,11H,1H3. The molecule has 0 aliphatic rings. The van der Waals surface area contributed by atoms with Crippen LogP contribution in [0.25, 0.3) is 0 Å². The third-order valence-electron chi connectivity index (χ3n) is 2.78. The molecule has 0 aliphatic heterocycles. The van der Waals surface area contributed by atoms with Crippen LogP contribution < -0.4 is 9.47 Å². The number of carbonyl (C=O) groups is 1. The van der Waals surface area contributed by atoms with Gasteiger partial charge in [-0.3, -0.25) is 4.79 Å². The van der Waals surface area contributed by atoms with Gasteiger partial charge in [-0.2, -0.15) is 5.26 Å². The lowest BCUT2D eigenvalue weighted by molar-refractivity contribution is 0.112. The topological polar surface area (TPSA) is 99.8 Å². The molecule has 0 aliphatic carbocycles. The third kappa shape index (κ3) is 4.88. The highest BCUT2D eigenvalue weighted by Gasteiger charge is 2.08. The number of benzene rings is 2. The molecular weight excluding hydrogens is 446 g/mol. The third-order valence-corrected chi connectivity index (χ3v) is 3.99. The molecule has 2 rings (SSSR count). The van der Waals surface area contributed by atoms with Gasteiger partial charge in [0.05, 0.1) is 34.8 Å². The number of aromatic hydroxyl groups is 2. The van der Waals surface area contributed by atoms with Gasteiger partial charge in [-0.25, -0.2) is 0 Å². The number of rotatable bonds is 3. The number of methoxy groups -OCH3 is 2. The number of phenolic OH excluding ortho intramolecular Hbond substituents is 2. The first-order valence-electron chi connectivity index (χ1n) is 6.36. The Morgan fingerprint density at radius 2 is 1.50 bits per heavy atom. The molecular formula is C16H13Br2NO5. The van der Waals surface area contributed by atoms with Crippen LogP contribution in [-0.4, -0.2) is 30.7 Å². The largest absolute Gasteiger partial charge is 0.503 e. The molecule has 6 nitrogen and oxygen atoms in total. The second kappa shape index (κ2) is 9.15. The Balaban J connectivity index is 0.000000240. The summed E-state index contributed by atoms with van der Waals surface area (Å²) < 4.78 is 10.6. The van der Waals surface area contributed by atoms with Crippen LogP contribution in [0.3, 0.4) is 0 Å². The predicted octanol–water partition coefficient (Wildman–Crippen LogP) is 4.01. The van der Waals surface area contributed by atoms with Crippen molar-refractivity contribution in [2.75, 3.05) is 14.2 Å². The van der Waals surface area contributed by atoms with Crippen LogP contribution >= 0.6 is 31.9 Å². The Labute approximate surface area is 155 Å². The van der Waals surface area contributed by atoms with Gasteiger partial charge in [0.1, 0.15) is 6.29 Å². The summed E-state index contributed by atoms with van der Waals surface area (Å²) in [5.74, 6) is 0.590. The van der Waals surface area contributed by atoms with E-state index in [0.29, 0.717) is 32.1 Å². The van der Waals surface area contributed by atoms with Crippen molar-refractivity contribution >= 4 is 38.1 Å². The van der Waals surface area contributed by atoms with E-state index < -0.39 is 0 Å². The van der Waals surface area contributed by atoms with E-state index in [9.17, 15) is 15.0 Å². The number of aldehydes is 1. The molecule has 0 fully saturated rings. The SMILES string of the molecule is COc1cc(C#N)cc(Br)c1O.COc1cc(C=O)cc(Br)c1O. The Hall–Kier alpha value is -2.24. The summed E-state index contributed by atoms with van der Waals surface area (Å²) in [6, 6.07) is 7.93. The van der Waals surface area contributed by atoms with E-state index >= 15 is 0 Å². The van der Waals surface area contributed by atoms with Crippen molar-refractivity contribution in [2.45, 2.75) is 0 Å². The van der Waals surface area contributed by atoms with Gasteiger partial charge in [0, 0.05) is 11.6 Å². The highest BCUT2D eigenvalue weighted by Crippen LogP contribution is 2.35. The van der Waals surface area contributed by atoms with E-state index in [4.69, 9.17) is 14.7 Å². The van der Waals surface area contributed by atoms with E-state index in [1.165, 1.54) is 38.5 Å². The highest BCUT2D eigenvalue weighted by atomic mass is 79.9. The van der Waals surface area contributed by atoms with Gasteiger partial charge < -0.3 is 19.7 Å². The van der Waals surface area contributed by atoms with Crippen molar-refractivity contribution in [1.29, 1.82) is 5.26 Å². The van der Waals surface area contributed by atoms with Gasteiger partial charge in [-0.15, -0.1) is 0 Å². The summed E-state index contributed by atoms with van der Waals surface area (Å²) >= 11 is 6.19. The zero-order valence-corrected chi connectivity index (χ0v) is 15.9. The van der Waals surface area contributed by atoms with E-state index in [-0.39, 0.29) is 17.2 Å². The lowest BCUT2D eigenvalue weighted by Crippen LogP contribution is -1.87. The van der Waals surface area contributed by atoms with Gasteiger partial charge in [0.25, 0.3) is 0 Å². The van der Waals surface area contributed by atoms with Crippen LogP contribution in [0, 0.1) is 11.3 Å². The summed E-state index contributed by atoms with van der Waals surface area (Å²) in [7, 11) is 2.86. The summed E-state index contributed by atoms with van der Waals surface area (Å²) in [4.78, 5) is 10.4. The number of nitrogens with zero attached hydrogens (tertiary/aromatic N) is 1. The first-order chi connectivity index (χ1) is 11.4. The zero-order valence-electron chi connectivity index (χ0n) is 12.7. The smallest absolute Gasteiger partial charge is 0.172 e. The molecule has 8 heteroatoms. The van der Waals surface area contributed by atoms with Crippen LogP contribution in [0.1, 0.15) is 15.9 Å². The Morgan fingerprint density at radius 3 is 1.96 bits per heavy atom. The molecule has 0 saturated heterocycles. The number of nitriles is 1. The normalized spacial score (nSPS) is 9.29. The van der Waals surface area contributed by atoms with Crippen molar-refractivity contribution in [3.8, 4) is 29.1 Å². The molecule has 0 saturated carbocycles. The van der Waals surface area contributed by atoms with Crippen molar-refractivity contribution in [1.82, 2.24) is 0 Å². The number of hydrogen-bond donors (Lipinski definition) is 2. The number of phenols is 2. The molecule has 0 radical (unpaired) electrons. The molecule has 2 aromatic carbocycles. The van der Waals surface area contributed by atoms with E-state index in [0.717, 1.165) is 0 Å². The van der Waals surface area contributed by atoms with Crippen molar-refractivity contribution in [3.63, 3.8) is 0 Å². The van der Waals surface area contributed by atoms with Gasteiger partial charge in [0.15, 0.2) is 23.0 Å². The van der Waals surface area contributed by atoms with Gasteiger partial charge >= 0.3 is 0 Å². The summed E-state index contributed by atoms with van der Waals surface area (Å²) in [6.07, 6.45) is 0.687. The molecule has 0 aromatic heterocycles. The number of ether oxygens (including phenoxy) is 2. The maximum atomic E-state index is 10.4. The first kappa shape index (κ1) is 19.8. The van der Waals surface area contributed by atoms with Gasteiger partial charge in [0.2, 0.25) is 0 Å². The van der Waals surface area contributed by atoms with Crippen LogP contribution in [-0.2, 0) is 0 Å². The minimum Gasteiger partial charge on any atom is -0.503 e. The quantitative estimate of drug-likeness (QED) is 0.674. The van der Waals surface area contributed by atoms with Crippen molar-refractivity contribution < 1.29 is 24.5 Å². The Morgan fingerprint density at radius 1 is 1.00 bits per heavy atom. The maximum absolute atomic E-state index is 10.4. The summed E-state index contributed by atoms with van der Waals surface area (Å²) in [6.45, 7) is 0. The summed E-state index contributed by atoms with van der Waals surface area (Å²) in [5, 5.41) is 27.2.